The lowest BCUT2D eigenvalue weighted by atomic mass is 10.1. The second-order valence-corrected chi connectivity index (χ2v) is 6.33. The number of pyridine rings is 1. The molecule has 2 amide bonds. The van der Waals surface area contributed by atoms with E-state index in [0.717, 1.165) is 10.5 Å². The van der Waals surface area contributed by atoms with Crippen LogP contribution >= 0.6 is 11.3 Å². The van der Waals surface area contributed by atoms with E-state index in [1.54, 1.807) is 24.5 Å². The summed E-state index contributed by atoms with van der Waals surface area (Å²) in [4.78, 5) is 29.2. The molecule has 132 valence electrons. The van der Waals surface area contributed by atoms with Crippen molar-refractivity contribution < 1.29 is 22.8 Å². The van der Waals surface area contributed by atoms with Gasteiger partial charge in [0.25, 0.3) is 0 Å². The Labute approximate surface area is 143 Å². The second-order valence-electron chi connectivity index (χ2n) is 5.37. The molecule has 0 aromatic carbocycles. The molecule has 1 unspecified atom stereocenters. The number of nitrogens with zero attached hydrogens (tertiary/aromatic N) is 4. The molecule has 0 spiro atoms. The normalized spacial score (nSPS) is 17.8. The molecule has 1 N–H and O–H groups in total. The number of alkyl halides is 3. The van der Waals surface area contributed by atoms with Gasteiger partial charge in [0.2, 0.25) is 22.0 Å². The molecular formula is C14H12F3N5O2S. The van der Waals surface area contributed by atoms with Crippen LogP contribution in [-0.2, 0) is 22.3 Å². The molecular weight excluding hydrogens is 359 g/mol. The van der Waals surface area contributed by atoms with Gasteiger partial charge in [-0.1, -0.05) is 17.4 Å². The largest absolute Gasteiger partial charge is 0.445 e. The van der Waals surface area contributed by atoms with Gasteiger partial charge in [-0.15, -0.1) is 10.2 Å². The number of amides is 2. The standard InChI is InChI=1S/C14H12F3N5O2S/c15-14(16,17)12-20-21-13(25-12)22-7-9(4-10(22)23)11(24)19-6-8-2-1-3-18-5-8/h1-3,5,9H,4,6-7H2,(H,19,24). The van der Waals surface area contributed by atoms with Gasteiger partial charge < -0.3 is 5.32 Å². The van der Waals surface area contributed by atoms with E-state index in [4.69, 9.17) is 0 Å². The Morgan fingerprint density at radius 3 is 2.84 bits per heavy atom. The average Bonchev–Trinajstić information content (AvgIpc) is 3.20. The van der Waals surface area contributed by atoms with Gasteiger partial charge in [0.05, 0.1) is 5.92 Å². The van der Waals surface area contributed by atoms with Crippen LogP contribution in [0, 0.1) is 5.92 Å². The van der Waals surface area contributed by atoms with Crippen molar-refractivity contribution in [3.63, 3.8) is 0 Å². The van der Waals surface area contributed by atoms with Crippen LogP contribution in [0.25, 0.3) is 0 Å². The average molecular weight is 371 g/mol. The minimum Gasteiger partial charge on any atom is -0.352 e. The monoisotopic (exact) mass is 371 g/mol. The first-order valence-electron chi connectivity index (χ1n) is 7.22. The van der Waals surface area contributed by atoms with Gasteiger partial charge in [-0.3, -0.25) is 19.5 Å². The first-order valence-corrected chi connectivity index (χ1v) is 8.04. The molecule has 25 heavy (non-hydrogen) atoms. The topological polar surface area (TPSA) is 88.1 Å². The van der Waals surface area contributed by atoms with E-state index in [-0.39, 0.29) is 41.9 Å². The van der Waals surface area contributed by atoms with Crippen molar-refractivity contribution in [1.82, 2.24) is 20.5 Å². The molecule has 11 heteroatoms. The van der Waals surface area contributed by atoms with Gasteiger partial charge in [-0.25, -0.2) is 0 Å². The summed E-state index contributed by atoms with van der Waals surface area (Å²) < 4.78 is 37.8. The highest BCUT2D eigenvalue weighted by atomic mass is 32.1. The Hall–Kier alpha value is -2.56. The molecule has 1 fully saturated rings. The molecule has 0 radical (unpaired) electrons. The Bertz CT molecular complexity index is 780. The van der Waals surface area contributed by atoms with E-state index in [2.05, 4.69) is 20.5 Å². The van der Waals surface area contributed by atoms with Crippen LogP contribution in [0.5, 0.6) is 0 Å². The van der Waals surface area contributed by atoms with Crippen molar-refractivity contribution in [2.45, 2.75) is 19.1 Å². The number of nitrogens with one attached hydrogen (secondary N) is 1. The van der Waals surface area contributed by atoms with Gasteiger partial charge in [0, 0.05) is 31.9 Å². The van der Waals surface area contributed by atoms with Crippen LogP contribution in [0.2, 0.25) is 0 Å². The van der Waals surface area contributed by atoms with E-state index in [0.29, 0.717) is 0 Å². The zero-order chi connectivity index (χ0) is 18.0. The summed E-state index contributed by atoms with van der Waals surface area (Å²) in [6.45, 7) is 0.235. The molecule has 0 saturated carbocycles. The number of carbonyl (C=O) groups is 2. The fourth-order valence-corrected chi connectivity index (χ4v) is 3.08. The van der Waals surface area contributed by atoms with Gasteiger partial charge >= 0.3 is 6.18 Å². The molecule has 3 heterocycles. The van der Waals surface area contributed by atoms with Gasteiger partial charge in [-0.05, 0) is 11.6 Å². The smallest absolute Gasteiger partial charge is 0.352 e. The Balaban J connectivity index is 1.62. The number of hydrogen-bond donors (Lipinski definition) is 1. The lowest BCUT2D eigenvalue weighted by Crippen LogP contribution is -2.32. The minimum absolute atomic E-state index is 0.0236. The van der Waals surface area contributed by atoms with Crippen LogP contribution in [0.1, 0.15) is 17.0 Å². The lowest BCUT2D eigenvalue weighted by Gasteiger charge is -2.12. The van der Waals surface area contributed by atoms with Crippen molar-refractivity contribution in [2.75, 3.05) is 11.4 Å². The summed E-state index contributed by atoms with van der Waals surface area (Å²) >= 11 is 0.283. The van der Waals surface area contributed by atoms with Crippen LogP contribution in [-0.4, -0.2) is 33.5 Å². The number of anilines is 1. The third-order valence-corrected chi connectivity index (χ3v) is 4.56. The minimum atomic E-state index is -4.61. The Morgan fingerprint density at radius 1 is 1.40 bits per heavy atom. The van der Waals surface area contributed by atoms with Crippen LogP contribution < -0.4 is 10.2 Å². The predicted octanol–water partition coefficient (Wildman–Crippen LogP) is 1.62. The number of rotatable bonds is 4. The van der Waals surface area contributed by atoms with Crippen LogP contribution in [0.15, 0.2) is 24.5 Å². The molecule has 0 bridgehead atoms. The summed E-state index contributed by atoms with van der Waals surface area (Å²) in [6, 6.07) is 3.52. The van der Waals surface area contributed by atoms with Crippen molar-refractivity contribution in [1.29, 1.82) is 0 Å². The predicted molar refractivity (Wildman–Crippen MR) is 81.5 cm³/mol. The van der Waals surface area contributed by atoms with E-state index in [1.165, 1.54) is 0 Å². The Morgan fingerprint density at radius 2 is 2.20 bits per heavy atom. The fourth-order valence-electron chi connectivity index (χ4n) is 2.34. The van der Waals surface area contributed by atoms with Crippen molar-refractivity contribution in [3.05, 3.63) is 35.1 Å². The molecule has 1 atom stereocenters. The van der Waals surface area contributed by atoms with Crippen molar-refractivity contribution in [2.24, 2.45) is 5.92 Å². The summed E-state index contributed by atoms with van der Waals surface area (Å²) in [7, 11) is 0. The van der Waals surface area contributed by atoms with Crippen LogP contribution in [0.4, 0.5) is 18.3 Å². The van der Waals surface area contributed by atoms with E-state index in [1.807, 2.05) is 0 Å². The highest BCUT2D eigenvalue weighted by molar-refractivity contribution is 7.15. The maximum Gasteiger partial charge on any atom is 0.445 e. The molecule has 0 aliphatic carbocycles. The summed E-state index contributed by atoms with van der Waals surface area (Å²) in [5, 5.41) is 7.88. The van der Waals surface area contributed by atoms with Crippen LogP contribution in [0.3, 0.4) is 0 Å². The van der Waals surface area contributed by atoms with Gasteiger partial charge in [-0.2, -0.15) is 13.2 Å². The Kier molecular flexibility index (Phi) is 4.66. The summed E-state index contributed by atoms with van der Waals surface area (Å²) in [6.07, 6.45) is -1.48. The first-order chi connectivity index (χ1) is 11.8. The fraction of sp³-hybridized carbons (Fsp3) is 0.357. The summed E-state index contributed by atoms with van der Waals surface area (Å²) in [5.41, 5.74) is 0.802. The number of aromatic nitrogens is 3. The number of carbonyl (C=O) groups excluding carboxylic acids is 2. The van der Waals surface area contributed by atoms with E-state index in [9.17, 15) is 22.8 Å². The highest BCUT2D eigenvalue weighted by Gasteiger charge is 2.40. The second kappa shape index (κ2) is 6.75. The molecule has 7 nitrogen and oxygen atoms in total. The van der Waals surface area contributed by atoms with E-state index >= 15 is 0 Å². The number of halogens is 3. The van der Waals surface area contributed by atoms with Crippen molar-refractivity contribution >= 4 is 28.3 Å². The molecule has 1 saturated heterocycles. The SMILES string of the molecule is O=C(NCc1cccnc1)C1CC(=O)N(c2nnc(C(F)(F)F)s2)C1. The maximum absolute atomic E-state index is 12.6. The third-order valence-electron chi connectivity index (χ3n) is 3.57. The number of hydrogen-bond acceptors (Lipinski definition) is 6. The van der Waals surface area contributed by atoms with Crippen molar-refractivity contribution in [3.8, 4) is 0 Å². The lowest BCUT2D eigenvalue weighted by molar-refractivity contribution is -0.138. The van der Waals surface area contributed by atoms with Gasteiger partial charge in [0.15, 0.2) is 0 Å². The zero-order valence-corrected chi connectivity index (χ0v) is 13.5. The molecule has 1 aliphatic rings. The highest BCUT2D eigenvalue weighted by Crippen LogP contribution is 2.36. The first kappa shape index (κ1) is 17.3. The molecule has 3 rings (SSSR count). The third kappa shape index (κ3) is 3.92. The molecule has 2 aromatic heterocycles. The molecule has 1 aliphatic heterocycles. The van der Waals surface area contributed by atoms with E-state index < -0.39 is 23.0 Å². The quantitative estimate of drug-likeness (QED) is 0.882. The molecule has 2 aromatic rings. The van der Waals surface area contributed by atoms with Gasteiger partial charge in [0.1, 0.15) is 0 Å². The zero-order valence-electron chi connectivity index (χ0n) is 12.7. The summed E-state index contributed by atoms with van der Waals surface area (Å²) in [5.74, 6) is -1.45. The maximum atomic E-state index is 12.6.